The van der Waals surface area contributed by atoms with E-state index in [9.17, 15) is 13.6 Å². The van der Waals surface area contributed by atoms with Crippen LogP contribution in [0.15, 0.2) is 35.3 Å². The monoisotopic (exact) mass is 322 g/mol. The van der Waals surface area contributed by atoms with E-state index < -0.39 is 17.7 Å². The van der Waals surface area contributed by atoms with Gasteiger partial charge in [-0.3, -0.25) is 4.79 Å². The molecule has 1 unspecified atom stereocenters. The third-order valence-corrected chi connectivity index (χ3v) is 4.06. The van der Waals surface area contributed by atoms with Crippen molar-refractivity contribution < 1.29 is 8.78 Å². The molecular weight excluding hydrogens is 310 g/mol. The van der Waals surface area contributed by atoms with Gasteiger partial charge in [-0.05, 0) is 24.6 Å². The van der Waals surface area contributed by atoms with Crippen molar-refractivity contribution in [1.82, 2.24) is 14.6 Å². The Kier molecular flexibility index (Phi) is 3.84. The van der Waals surface area contributed by atoms with Crippen LogP contribution < -0.4 is 10.9 Å². The number of anilines is 1. The van der Waals surface area contributed by atoms with Gasteiger partial charge in [0.2, 0.25) is 10.1 Å². The Bertz CT molecular complexity index is 877. The van der Waals surface area contributed by atoms with Crippen LogP contribution in [0.4, 0.5) is 13.9 Å². The first-order valence-electron chi connectivity index (χ1n) is 6.65. The highest BCUT2D eigenvalue weighted by molar-refractivity contribution is 7.20. The van der Waals surface area contributed by atoms with E-state index in [1.165, 1.54) is 28.1 Å². The van der Waals surface area contributed by atoms with E-state index >= 15 is 0 Å². The van der Waals surface area contributed by atoms with Gasteiger partial charge in [0, 0.05) is 17.8 Å². The lowest BCUT2D eigenvalue weighted by molar-refractivity contribution is 0.566. The summed E-state index contributed by atoms with van der Waals surface area (Å²) in [7, 11) is 0. The summed E-state index contributed by atoms with van der Waals surface area (Å²) < 4.78 is 28.4. The van der Waals surface area contributed by atoms with Crippen LogP contribution in [0.1, 0.15) is 24.9 Å². The Morgan fingerprint density at radius 1 is 1.36 bits per heavy atom. The first-order chi connectivity index (χ1) is 10.6. The number of fused-ring (bicyclic) bond motifs is 1. The van der Waals surface area contributed by atoms with Gasteiger partial charge in [0.05, 0.1) is 6.04 Å². The van der Waals surface area contributed by atoms with Gasteiger partial charge in [-0.1, -0.05) is 18.3 Å². The van der Waals surface area contributed by atoms with E-state index in [0.29, 0.717) is 16.5 Å². The molecule has 114 valence electrons. The maximum atomic E-state index is 13.9. The topological polar surface area (TPSA) is 59.3 Å². The molecule has 0 radical (unpaired) electrons. The number of nitrogens with zero attached hydrogens (tertiary/aromatic N) is 3. The number of aromatic nitrogens is 3. The summed E-state index contributed by atoms with van der Waals surface area (Å²) in [5.41, 5.74) is -0.0682. The molecule has 1 aromatic carbocycles. The van der Waals surface area contributed by atoms with Crippen LogP contribution in [0.2, 0.25) is 0 Å². The molecule has 3 aromatic rings. The van der Waals surface area contributed by atoms with Gasteiger partial charge in [0.1, 0.15) is 11.6 Å². The Balaban J connectivity index is 1.96. The Morgan fingerprint density at radius 3 is 2.91 bits per heavy atom. The highest BCUT2D eigenvalue weighted by Crippen LogP contribution is 2.27. The fourth-order valence-electron chi connectivity index (χ4n) is 2.13. The summed E-state index contributed by atoms with van der Waals surface area (Å²) in [6, 6.07) is 4.19. The van der Waals surface area contributed by atoms with Gasteiger partial charge < -0.3 is 5.32 Å². The van der Waals surface area contributed by atoms with Gasteiger partial charge in [-0.15, -0.1) is 5.10 Å². The molecule has 22 heavy (non-hydrogen) atoms. The van der Waals surface area contributed by atoms with Crippen LogP contribution in [0, 0.1) is 11.6 Å². The molecule has 0 spiro atoms. The molecule has 1 atom stereocenters. The molecule has 0 aliphatic carbocycles. The maximum Gasteiger partial charge on any atom is 0.275 e. The first kappa shape index (κ1) is 14.6. The number of hydrogen-bond acceptors (Lipinski definition) is 5. The zero-order chi connectivity index (χ0) is 15.7. The average Bonchev–Trinajstić information content (AvgIpc) is 2.92. The molecule has 2 heterocycles. The molecule has 1 N–H and O–H groups in total. The second kappa shape index (κ2) is 5.80. The smallest absolute Gasteiger partial charge is 0.275 e. The number of rotatable bonds is 4. The Hall–Kier alpha value is -2.35. The maximum absolute atomic E-state index is 13.9. The summed E-state index contributed by atoms with van der Waals surface area (Å²) in [6.07, 6.45) is 1.93. The van der Waals surface area contributed by atoms with Crippen LogP contribution >= 0.6 is 11.3 Å². The van der Waals surface area contributed by atoms with Crippen molar-refractivity contribution in [3.8, 4) is 0 Å². The summed E-state index contributed by atoms with van der Waals surface area (Å²) >= 11 is 1.17. The lowest BCUT2D eigenvalue weighted by atomic mass is 10.0. The molecule has 0 saturated carbocycles. The van der Waals surface area contributed by atoms with Gasteiger partial charge in [-0.2, -0.15) is 4.52 Å². The van der Waals surface area contributed by atoms with Crippen LogP contribution in [-0.4, -0.2) is 14.6 Å². The highest BCUT2D eigenvalue weighted by atomic mass is 32.1. The van der Waals surface area contributed by atoms with Crippen molar-refractivity contribution in [2.45, 2.75) is 19.4 Å². The van der Waals surface area contributed by atoms with Crippen LogP contribution in [0.3, 0.4) is 0 Å². The van der Waals surface area contributed by atoms with Crippen LogP contribution in [0.25, 0.3) is 4.96 Å². The third-order valence-electron chi connectivity index (χ3n) is 3.21. The highest BCUT2D eigenvalue weighted by Gasteiger charge is 2.17. The Labute approximate surface area is 128 Å². The van der Waals surface area contributed by atoms with E-state index in [1.807, 2.05) is 6.92 Å². The standard InChI is InChI=1S/C14H12F2N4OS/c1-2-11(9-7-8(15)3-4-10(9)16)18-13-19-20-12(21)5-6-17-14(20)22-13/h3-7,11H,2H2,1H3,(H,18,19). The van der Waals surface area contributed by atoms with E-state index in [0.717, 1.165) is 18.2 Å². The van der Waals surface area contributed by atoms with E-state index in [4.69, 9.17) is 0 Å². The quantitative estimate of drug-likeness (QED) is 0.802. The molecule has 5 nitrogen and oxygen atoms in total. The van der Waals surface area contributed by atoms with Crippen molar-refractivity contribution >= 4 is 21.4 Å². The van der Waals surface area contributed by atoms with E-state index in [2.05, 4.69) is 15.4 Å². The summed E-state index contributed by atoms with van der Waals surface area (Å²) in [4.78, 5) is 16.1. The van der Waals surface area contributed by atoms with Gasteiger partial charge >= 0.3 is 0 Å². The average molecular weight is 322 g/mol. The first-order valence-corrected chi connectivity index (χ1v) is 7.46. The van der Waals surface area contributed by atoms with Gasteiger partial charge in [0.25, 0.3) is 5.56 Å². The molecule has 2 aromatic heterocycles. The number of hydrogen-bond donors (Lipinski definition) is 1. The fraction of sp³-hybridized carbons (Fsp3) is 0.214. The minimum atomic E-state index is -0.501. The molecule has 8 heteroatoms. The molecule has 0 fully saturated rings. The Morgan fingerprint density at radius 2 is 2.18 bits per heavy atom. The summed E-state index contributed by atoms with van der Waals surface area (Å²) in [6.45, 7) is 1.85. The third kappa shape index (κ3) is 2.69. The van der Waals surface area contributed by atoms with Crippen molar-refractivity contribution in [2.24, 2.45) is 0 Å². The second-order valence-corrected chi connectivity index (χ2v) is 5.61. The molecule has 0 bridgehead atoms. The van der Waals surface area contributed by atoms with Crippen LogP contribution in [0.5, 0.6) is 0 Å². The molecule has 0 aliphatic rings. The zero-order valence-electron chi connectivity index (χ0n) is 11.6. The predicted molar refractivity (Wildman–Crippen MR) is 80.1 cm³/mol. The van der Waals surface area contributed by atoms with Crippen LogP contribution in [-0.2, 0) is 0 Å². The molecule has 0 amide bonds. The number of benzene rings is 1. The molecule has 0 saturated heterocycles. The predicted octanol–water partition coefficient (Wildman–Crippen LogP) is 2.99. The van der Waals surface area contributed by atoms with Gasteiger partial charge in [-0.25, -0.2) is 13.8 Å². The summed E-state index contributed by atoms with van der Waals surface area (Å²) in [5, 5.41) is 7.56. The number of nitrogens with one attached hydrogen (secondary N) is 1. The van der Waals surface area contributed by atoms with Gasteiger partial charge in [0.15, 0.2) is 0 Å². The zero-order valence-corrected chi connectivity index (χ0v) is 12.4. The molecular formula is C14H12F2N4OS. The minimum Gasteiger partial charge on any atom is -0.353 e. The van der Waals surface area contributed by atoms with Crippen molar-refractivity contribution in [3.05, 3.63) is 58.0 Å². The van der Waals surface area contributed by atoms with E-state index in [1.54, 1.807) is 0 Å². The fourth-order valence-corrected chi connectivity index (χ4v) is 2.96. The SMILES string of the molecule is CCC(Nc1nn2c(=O)ccnc2s1)c1cc(F)ccc1F. The van der Waals surface area contributed by atoms with Crippen molar-refractivity contribution in [3.63, 3.8) is 0 Å². The van der Waals surface area contributed by atoms with E-state index in [-0.39, 0.29) is 11.1 Å². The lowest BCUT2D eigenvalue weighted by Crippen LogP contribution is -2.14. The normalized spacial score (nSPS) is 12.5. The minimum absolute atomic E-state index is 0.224. The largest absolute Gasteiger partial charge is 0.353 e. The molecule has 3 rings (SSSR count). The number of halogens is 2. The van der Waals surface area contributed by atoms with Crippen molar-refractivity contribution in [1.29, 1.82) is 0 Å². The summed E-state index contributed by atoms with van der Waals surface area (Å²) in [5.74, 6) is -0.990. The molecule has 0 aliphatic heterocycles. The second-order valence-electron chi connectivity index (χ2n) is 4.66. The van der Waals surface area contributed by atoms with Crippen molar-refractivity contribution in [2.75, 3.05) is 5.32 Å². The lowest BCUT2D eigenvalue weighted by Gasteiger charge is -2.17.